The molecule has 25 heavy (non-hydrogen) atoms. The Morgan fingerprint density at radius 3 is 2.24 bits per heavy atom. The van der Waals surface area contributed by atoms with Gasteiger partial charge in [0, 0.05) is 5.69 Å². The number of benzene rings is 2. The van der Waals surface area contributed by atoms with E-state index in [4.69, 9.17) is 9.47 Å². The summed E-state index contributed by atoms with van der Waals surface area (Å²) in [6.45, 7) is 0. The molecule has 6 nitrogen and oxygen atoms in total. The van der Waals surface area contributed by atoms with Crippen molar-refractivity contribution < 1.29 is 24.2 Å². The molecule has 2 aromatic carbocycles. The Morgan fingerprint density at radius 1 is 1.04 bits per heavy atom. The molecule has 1 heterocycles. The van der Waals surface area contributed by atoms with Crippen LogP contribution < -0.4 is 9.64 Å². The highest BCUT2D eigenvalue weighted by Gasteiger charge is 2.45. The second kappa shape index (κ2) is 6.68. The second-order valence-electron chi connectivity index (χ2n) is 5.44. The first-order valence-corrected chi connectivity index (χ1v) is 7.62. The Morgan fingerprint density at radius 2 is 1.68 bits per heavy atom. The topological polar surface area (TPSA) is 76.1 Å². The molecule has 0 aliphatic carbocycles. The van der Waals surface area contributed by atoms with Crippen molar-refractivity contribution in [2.75, 3.05) is 19.1 Å². The Balaban J connectivity index is 2.13. The summed E-state index contributed by atoms with van der Waals surface area (Å²) in [5, 5.41) is 10.3. The van der Waals surface area contributed by atoms with E-state index in [2.05, 4.69) is 0 Å². The number of carbonyl (C=O) groups is 2. The SMILES string of the molecule is COC(=O)C1=C(O)C(=O)N(c2ccc(OC)cc2)C1c1ccccc1. The lowest BCUT2D eigenvalue weighted by Crippen LogP contribution is -2.31. The van der Waals surface area contributed by atoms with Crippen molar-refractivity contribution in [1.82, 2.24) is 0 Å². The average Bonchev–Trinajstić information content (AvgIpc) is 2.93. The maximum atomic E-state index is 12.7. The van der Waals surface area contributed by atoms with Gasteiger partial charge >= 0.3 is 5.97 Å². The first-order valence-electron chi connectivity index (χ1n) is 7.62. The maximum absolute atomic E-state index is 12.7. The van der Waals surface area contributed by atoms with Crippen molar-refractivity contribution in [3.63, 3.8) is 0 Å². The van der Waals surface area contributed by atoms with Crippen molar-refractivity contribution in [3.8, 4) is 5.75 Å². The fraction of sp³-hybridized carbons (Fsp3) is 0.158. The van der Waals surface area contributed by atoms with Gasteiger partial charge in [-0.15, -0.1) is 0 Å². The summed E-state index contributed by atoms with van der Waals surface area (Å²) in [6.07, 6.45) is 0. The van der Waals surface area contributed by atoms with E-state index in [0.717, 1.165) is 0 Å². The first kappa shape index (κ1) is 16.6. The third-order valence-corrected chi connectivity index (χ3v) is 4.08. The highest BCUT2D eigenvalue weighted by Crippen LogP contribution is 2.41. The molecule has 1 aliphatic heterocycles. The van der Waals surface area contributed by atoms with Crippen LogP contribution in [-0.2, 0) is 14.3 Å². The van der Waals surface area contributed by atoms with E-state index in [-0.39, 0.29) is 5.57 Å². The summed E-state index contributed by atoms with van der Waals surface area (Å²) in [5.41, 5.74) is 1.15. The summed E-state index contributed by atoms with van der Waals surface area (Å²) in [4.78, 5) is 26.2. The average molecular weight is 339 g/mol. The molecule has 1 unspecified atom stereocenters. The van der Waals surface area contributed by atoms with Gasteiger partial charge in [-0.1, -0.05) is 30.3 Å². The minimum absolute atomic E-state index is 0.0745. The number of hydrogen-bond acceptors (Lipinski definition) is 5. The molecule has 6 heteroatoms. The number of aliphatic hydroxyl groups excluding tert-OH is 1. The third kappa shape index (κ3) is 2.82. The van der Waals surface area contributed by atoms with E-state index in [1.807, 2.05) is 6.07 Å². The highest BCUT2D eigenvalue weighted by atomic mass is 16.5. The molecule has 1 aliphatic rings. The fourth-order valence-corrected chi connectivity index (χ4v) is 2.88. The molecule has 0 spiro atoms. The van der Waals surface area contributed by atoms with Crippen molar-refractivity contribution >= 4 is 17.6 Å². The Kier molecular flexibility index (Phi) is 4.43. The summed E-state index contributed by atoms with van der Waals surface area (Å²) in [6, 6.07) is 15.0. The number of esters is 1. The lowest BCUT2D eigenvalue weighted by molar-refractivity contribution is -0.136. The van der Waals surface area contributed by atoms with Crippen molar-refractivity contribution in [3.05, 3.63) is 71.5 Å². The van der Waals surface area contributed by atoms with Gasteiger partial charge < -0.3 is 14.6 Å². The minimum Gasteiger partial charge on any atom is -0.503 e. The molecule has 2 aromatic rings. The van der Waals surface area contributed by atoms with Gasteiger partial charge in [0.25, 0.3) is 5.91 Å². The van der Waals surface area contributed by atoms with Gasteiger partial charge in [0.1, 0.15) is 11.3 Å². The van der Waals surface area contributed by atoms with E-state index in [1.54, 1.807) is 55.6 Å². The standard InChI is InChI=1S/C19H17NO5/c1-24-14-10-8-13(9-11-14)20-16(12-6-4-3-5-7-12)15(19(23)25-2)17(21)18(20)22/h3-11,16,21H,1-2H3. The van der Waals surface area contributed by atoms with Crippen molar-refractivity contribution in [2.45, 2.75) is 6.04 Å². The van der Waals surface area contributed by atoms with Crippen molar-refractivity contribution in [1.29, 1.82) is 0 Å². The molecule has 0 aromatic heterocycles. The molecule has 1 atom stereocenters. The number of nitrogens with zero attached hydrogens (tertiary/aromatic N) is 1. The number of ether oxygens (including phenoxy) is 2. The lowest BCUT2D eigenvalue weighted by atomic mass is 9.99. The van der Waals surface area contributed by atoms with Crippen LogP contribution in [0.1, 0.15) is 11.6 Å². The molecule has 0 fully saturated rings. The molecular weight excluding hydrogens is 322 g/mol. The predicted octanol–water partition coefficient (Wildman–Crippen LogP) is 2.77. The quantitative estimate of drug-likeness (QED) is 0.867. The number of anilines is 1. The molecule has 0 radical (unpaired) electrons. The van der Waals surface area contributed by atoms with Crippen LogP contribution in [0.2, 0.25) is 0 Å². The Hall–Kier alpha value is -3.28. The smallest absolute Gasteiger partial charge is 0.340 e. The first-order chi connectivity index (χ1) is 12.1. The van der Waals surface area contributed by atoms with Crippen LogP contribution in [0, 0.1) is 0 Å². The van der Waals surface area contributed by atoms with Gasteiger partial charge in [-0.25, -0.2) is 4.79 Å². The van der Waals surface area contributed by atoms with Crippen LogP contribution in [0.5, 0.6) is 5.75 Å². The van der Waals surface area contributed by atoms with Crippen molar-refractivity contribution in [2.24, 2.45) is 0 Å². The Bertz CT molecular complexity index is 827. The normalized spacial score (nSPS) is 17.0. The van der Waals surface area contributed by atoms with Crippen LogP contribution in [0.4, 0.5) is 5.69 Å². The number of amides is 1. The predicted molar refractivity (Wildman–Crippen MR) is 91.3 cm³/mol. The zero-order valence-electron chi connectivity index (χ0n) is 13.8. The van der Waals surface area contributed by atoms with Crippen LogP contribution in [-0.4, -0.2) is 31.2 Å². The van der Waals surface area contributed by atoms with E-state index in [1.165, 1.54) is 12.0 Å². The molecule has 0 saturated heterocycles. The fourth-order valence-electron chi connectivity index (χ4n) is 2.88. The summed E-state index contributed by atoms with van der Waals surface area (Å²) in [7, 11) is 2.76. The summed E-state index contributed by atoms with van der Waals surface area (Å²) in [5.74, 6) is -1.36. The van der Waals surface area contributed by atoms with Gasteiger partial charge in [0.2, 0.25) is 0 Å². The van der Waals surface area contributed by atoms with Crippen LogP contribution >= 0.6 is 0 Å². The zero-order valence-corrected chi connectivity index (χ0v) is 13.8. The Labute approximate surface area is 144 Å². The molecular formula is C19H17NO5. The van der Waals surface area contributed by atoms with Gasteiger partial charge in [-0.2, -0.15) is 0 Å². The number of aliphatic hydroxyl groups is 1. The molecule has 1 amide bonds. The minimum atomic E-state index is -0.769. The van der Waals surface area contributed by atoms with Gasteiger partial charge in [-0.3, -0.25) is 9.69 Å². The van der Waals surface area contributed by atoms with Gasteiger partial charge in [-0.05, 0) is 29.8 Å². The molecule has 1 N–H and O–H groups in total. The van der Waals surface area contributed by atoms with E-state index in [0.29, 0.717) is 17.0 Å². The number of rotatable bonds is 4. The van der Waals surface area contributed by atoms with Gasteiger partial charge in [0.05, 0.1) is 20.3 Å². The maximum Gasteiger partial charge on any atom is 0.340 e. The van der Waals surface area contributed by atoms with E-state index in [9.17, 15) is 14.7 Å². The number of carbonyl (C=O) groups excluding carboxylic acids is 2. The second-order valence-corrected chi connectivity index (χ2v) is 5.44. The van der Waals surface area contributed by atoms with Gasteiger partial charge in [0.15, 0.2) is 5.76 Å². The zero-order chi connectivity index (χ0) is 18.0. The number of methoxy groups -OCH3 is 2. The third-order valence-electron chi connectivity index (χ3n) is 4.08. The largest absolute Gasteiger partial charge is 0.503 e. The van der Waals surface area contributed by atoms with Crippen LogP contribution in [0.15, 0.2) is 65.9 Å². The summed E-state index contributed by atoms with van der Waals surface area (Å²) >= 11 is 0. The molecule has 3 rings (SSSR count). The van der Waals surface area contributed by atoms with Crippen LogP contribution in [0.3, 0.4) is 0 Å². The van der Waals surface area contributed by atoms with E-state index < -0.39 is 23.7 Å². The monoisotopic (exact) mass is 339 g/mol. The molecule has 0 bridgehead atoms. The molecule has 0 saturated carbocycles. The number of hydrogen-bond donors (Lipinski definition) is 1. The molecule has 128 valence electrons. The summed E-state index contributed by atoms with van der Waals surface area (Å²) < 4.78 is 9.90. The highest BCUT2D eigenvalue weighted by molar-refractivity contribution is 6.15. The van der Waals surface area contributed by atoms with Crippen LogP contribution in [0.25, 0.3) is 0 Å². The van der Waals surface area contributed by atoms with E-state index >= 15 is 0 Å². The lowest BCUT2D eigenvalue weighted by Gasteiger charge is -2.26.